The standard InChI is InChI=1S/C19H20N4O3/c20-14-8-3-1-6-12(14)17(24)21-11-5-10-16-19(26)22-15-9-4-2-7-13(15)18(25)23-16/h1-4,6-9,16H,5,10-11,20H2,(H,21,24)(H,22,26)(H,23,25). The summed E-state index contributed by atoms with van der Waals surface area (Å²) in [7, 11) is 0. The molecule has 134 valence electrons. The molecule has 0 aliphatic carbocycles. The van der Waals surface area contributed by atoms with Crippen molar-refractivity contribution in [1.82, 2.24) is 10.6 Å². The lowest BCUT2D eigenvalue weighted by Gasteiger charge is -2.14. The molecule has 3 rings (SSSR count). The Labute approximate surface area is 151 Å². The zero-order valence-electron chi connectivity index (χ0n) is 14.1. The van der Waals surface area contributed by atoms with Gasteiger partial charge in [-0.25, -0.2) is 0 Å². The first-order valence-electron chi connectivity index (χ1n) is 8.39. The van der Waals surface area contributed by atoms with Gasteiger partial charge in [0, 0.05) is 12.2 Å². The van der Waals surface area contributed by atoms with Crippen molar-refractivity contribution in [1.29, 1.82) is 0 Å². The fraction of sp³-hybridized carbons (Fsp3) is 0.211. The predicted molar refractivity (Wildman–Crippen MR) is 98.7 cm³/mol. The quantitative estimate of drug-likeness (QED) is 0.483. The van der Waals surface area contributed by atoms with Crippen molar-refractivity contribution in [3.63, 3.8) is 0 Å². The maximum atomic E-state index is 12.3. The largest absolute Gasteiger partial charge is 0.398 e. The highest BCUT2D eigenvalue weighted by molar-refractivity contribution is 6.09. The van der Waals surface area contributed by atoms with E-state index in [1.54, 1.807) is 48.5 Å². The molecule has 0 spiro atoms. The Morgan fingerprint density at radius 2 is 1.81 bits per heavy atom. The van der Waals surface area contributed by atoms with Crippen LogP contribution in [0.3, 0.4) is 0 Å². The van der Waals surface area contributed by atoms with Crippen LogP contribution >= 0.6 is 0 Å². The van der Waals surface area contributed by atoms with Gasteiger partial charge in [0.25, 0.3) is 11.8 Å². The van der Waals surface area contributed by atoms with Crippen LogP contribution in [0.15, 0.2) is 48.5 Å². The van der Waals surface area contributed by atoms with Crippen LogP contribution in [-0.2, 0) is 4.79 Å². The Hall–Kier alpha value is -3.35. The van der Waals surface area contributed by atoms with Gasteiger partial charge in [0.15, 0.2) is 0 Å². The van der Waals surface area contributed by atoms with Gasteiger partial charge in [-0.2, -0.15) is 0 Å². The molecule has 0 bridgehead atoms. The molecule has 0 fully saturated rings. The molecule has 0 saturated carbocycles. The molecule has 0 radical (unpaired) electrons. The maximum absolute atomic E-state index is 12.3. The lowest BCUT2D eigenvalue weighted by atomic mass is 10.1. The van der Waals surface area contributed by atoms with E-state index >= 15 is 0 Å². The van der Waals surface area contributed by atoms with Crippen LogP contribution in [0.25, 0.3) is 0 Å². The fourth-order valence-corrected chi connectivity index (χ4v) is 2.82. The summed E-state index contributed by atoms with van der Waals surface area (Å²) in [6.07, 6.45) is 0.948. The molecule has 0 aromatic heterocycles. The molecule has 1 aliphatic rings. The summed E-state index contributed by atoms with van der Waals surface area (Å²) < 4.78 is 0. The molecule has 0 saturated heterocycles. The number of rotatable bonds is 5. The molecule has 1 aliphatic heterocycles. The van der Waals surface area contributed by atoms with Gasteiger partial charge in [0.2, 0.25) is 5.91 Å². The molecule has 1 unspecified atom stereocenters. The minimum Gasteiger partial charge on any atom is -0.398 e. The van der Waals surface area contributed by atoms with E-state index in [2.05, 4.69) is 16.0 Å². The van der Waals surface area contributed by atoms with Crippen LogP contribution in [0.1, 0.15) is 33.6 Å². The van der Waals surface area contributed by atoms with Gasteiger partial charge in [-0.1, -0.05) is 24.3 Å². The van der Waals surface area contributed by atoms with E-state index in [0.717, 1.165) is 0 Å². The van der Waals surface area contributed by atoms with Crippen molar-refractivity contribution in [3.05, 3.63) is 59.7 Å². The topological polar surface area (TPSA) is 113 Å². The van der Waals surface area contributed by atoms with Crippen LogP contribution < -0.4 is 21.7 Å². The summed E-state index contributed by atoms with van der Waals surface area (Å²) in [5.74, 6) is -0.808. The van der Waals surface area contributed by atoms with E-state index in [-0.39, 0.29) is 17.7 Å². The number of benzene rings is 2. The van der Waals surface area contributed by atoms with Crippen molar-refractivity contribution in [2.75, 3.05) is 17.6 Å². The first-order valence-corrected chi connectivity index (χ1v) is 8.39. The van der Waals surface area contributed by atoms with E-state index < -0.39 is 6.04 Å². The first kappa shape index (κ1) is 17.5. The zero-order valence-corrected chi connectivity index (χ0v) is 14.1. The SMILES string of the molecule is Nc1ccccc1C(=O)NCCCC1NC(=O)c2ccccc2NC1=O. The lowest BCUT2D eigenvalue weighted by molar-refractivity contribution is -0.118. The first-order chi connectivity index (χ1) is 12.6. The lowest BCUT2D eigenvalue weighted by Crippen LogP contribution is -2.41. The number of para-hydroxylation sites is 2. The summed E-state index contributed by atoms with van der Waals surface area (Å²) in [4.78, 5) is 36.6. The summed E-state index contributed by atoms with van der Waals surface area (Å²) in [5, 5.41) is 8.26. The fourth-order valence-electron chi connectivity index (χ4n) is 2.82. The number of hydrogen-bond acceptors (Lipinski definition) is 4. The number of nitrogens with two attached hydrogens (primary N) is 1. The van der Waals surface area contributed by atoms with Crippen LogP contribution in [0.4, 0.5) is 11.4 Å². The Kier molecular flexibility index (Phi) is 5.17. The van der Waals surface area contributed by atoms with E-state index in [9.17, 15) is 14.4 Å². The van der Waals surface area contributed by atoms with Crippen LogP contribution in [0, 0.1) is 0 Å². The van der Waals surface area contributed by atoms with Crippen LogP contribution in [0.2, 0.25) is 0 Å². The molecule has 3 amide bonds. The number of nitrogen functional groups attached to an aromatic ring is 1. The highest BCUT2D eigenvalue weighted by atomic mass is 16.2. The number of carbonyl (C=O) groups excluding carboxylic acids is 3. The number of amides is 3. The molecule has 26 heavy (non-hydrogen) atoms. The number of carbonyl (C=O) groups is 3. The van der Waals surface area contributed by atoms with Gasteiger partial charge in [0.1, 0.15) is 6.04 Å². The molecule has 5 N–H and O–H groups in total. The Bertz CT molecular complexity index is 850. The Balaban J connectivity index is 1.52. The third kappa shape index (κ3) is 3.83. The molecular weight excluding hydrogens is 332 g/mol. The zero-order chi connectivity index (χ0) is 18.5. The van der Waals surface area contributed by atoms with Crippen molar-refractivity contribution in [3.8, 4) is 0 Å². The van der Waals surface area contributed by atoms with Crippen LogP contribution in [-0.4, -0.2) is 30.3 Å². The second-order valence-corrected chi connectivity index (χ2v) is 6.05. The molecule has 1 heterocycles. The monoisotopic (exact) mass is 352 g/mol. The second-order valence-electron chi connectivity index (χ2n) is 6.05. The molecule has 2 aromatic carbocycles. The van der Waals surface area contributed by atoms with Crippen molar-refractivity contribution in [2.45, 2.75) is 18.9 Å². The summed E-state index contributed by atoms with van der Waals surface area (Å²) >= 11 is 0. The average Bonchev–Trinajstić information content (AvgIpc) is 2.75. The normalized spacial score (nSPS) is 16.1. The Morgan fingerprint density at radius 1 is 1.08 bits per heavy atom. The van der Waals surface area contributed by atoms with Crippen molar-refractivity contribution in [2.24, 2.45) is 0 Å². The average molecular weight is 352 g/mol. The summed E-state index contributed by atoms with van der Waals surface area (Å²) in [5.41, 5.74) is 7.55. The smallest absolute Gasteiger partial charge is 0.254 e. The minimum atomic E-state index is -0.645. The van der Waals surface area contributed by atoms with Gasteiger partial charge < -0.3 is 21.7 Å². The number of nitrogens with one attached hydrogen (secondary N) is 3. The minimum absolute atomic E-state index is 0.259. The van der Waals surface area contributed by atoms with E-state index in [1.165, 1.54) is 0 Å². The summed E-state index contributed by atoms with van der Waals surface area (Å²) in [6, 6.07) is 13.0. The third-order valence-electron chi connectivity index (χ3n) is 4.21. The maximum Gasteiger partial charge on any atom is 0.254 e. The number of fused-ring (bicyclic) bond motifs is 1. The van der Waals surface area contributed by atoms with E-state index in [1.807, 2.05) is 0 Å². The van der Waals surface area contributed by atoms with Gasteiger partial charge in [-0.15, -0.1) is 0 Å². The predicted octanol–water partition coefficient (Wildman–Crippen LogP) is 1.53. The van der Waals surface area contributed by atoms with Gasteiger partial charge in [-0.3, -0.25) is 14.4 Å². The van der Waals surface area contributed by atoms with Gasteiger partial charge in [-0.05, 0) is 37.1 Å². The summed E-state index contributed by atoms with van der Waals surface area (Å²) in [6.45, 7) is 0.375. The molecule has 7 nitrogen and oxygen atoms in total. The van der Waals surface area contributed by atoms with Crippen molar-refractivity contribution >= 4 is 29.1 Å². The third-order valence-corrected chi connectivity index (χ3v) is 4.21. The van der Waals surface area contributed by atoms with Gasteiger partial charge >= 0.3 is 0 Å². The second kappa shape index (κ2) is 7.69. The highest BCUT2D eigenvalue weighted by Crippen LogP contribution is 2.19. The van der Waals surface area contributed by atoms with Crippen molar-refractivity contribution < 1.29 is 14.4 Å². The number of anilines is 2. The van der Waals surface area contributed by atoms with Crippen LogP contribution in [0.5, 0.6) is 0 Å². The van der Waals surface area contributed by atoms with E-state index in [4.69, 9.17) is 5.73 Å². The molecular formula is C19H20N4O3. The molecule has 2 aromatic rings. The highest BCUT2D eigenvalue weighted by Gasteiger charge is 2.27. The number of hydrogen-bond donors (Lipinski definition) is 4. The van der Waals surface area contributed by atoms with Gasteiger partial charge in [0.05, 0.1) is 16.8 Å². The van der Waals surface area contributed by atoms with E-state index in [0.29, 0.717) is 41.9 Å². The Morgan fingerprint density at radius 3 is 2.62 bits per heavy atom. The molecule has 7 heteroatoms. The molecule has 1 atom stereocenters.